The van der Waals surface area contributed by atoms with Gasteiger partial charge in [-0.3, -0.25) is 0 Å². The third kappa shape index (κ3) is 2.68. The first-order valence-corrected chi connectivity index (χ1v) is 5.81. The van der Waals surface area contributed by atoms with E-state index in [-0.39, 0.29) is 10.6 Å². The van der Waals surface area contributed by atoms with Crippen LogP contribution in [-0.2, 0) is 6.54 Å². The van der Waals surface area contributed by atoms with Gasteiger partial charge in [0, 0.05) is 18.3 Å². The minimum absolute atomic E-state index is 0.0627. The molecule has 0 aliphatic carbocycles. The number of benzene rings is 1. The van der Waals surface area contributed by atoms with Crippen LogP contribution in [0.4, 0.5) is 10.1 Å². The second-order valence-electron chi connectivity index (χ2n) is 3.96. The number of furan rings is 1. The van der Waals surface area contributed by atoms with Crippen molar-refractivity contribution in [3.8, 4) is 0 Å². The van der Waals surface area contributed by atoms with Crippen molar-refractivity contribution in [3.05, 3.63) is 53.7 Å². The maximum Gasteiger partial charge on any atom is 0.135 e. The molecule has 0 aliphatic heterocycles. The first-order valence-electron chi connectivity index (χ1n) is 5.41. The maximum absolute atomic E-state index is 13.7. The monoisotopic (exact) mass is 264 g/mol. The summed E-state index contributed by atoms with van der Waals surface area (Å²) in [7, 11) is 1.86. The van der Waals surface area contributed by atoms with Crippen molar-refractivity contribution in [1.82, 2.24) is 0 Å². The Labute approximate surface area is 110 Å². The Balaban J connectivity index is 2.18. The van der Waals surface area contributed by atoms with Crippen LogP contribution in [0.15, 0.2) is 41.0 Å². The molecule has 1 aromatic heterocycles. The van der Waals surface area contributed by atoms with Crippen LogP contribution in [-0.4, -0.2) is 12.0 Å². The van der Waals surface area contributed by atoms with Gasteiger partial charge in [-0.25, -0.2) is 4.39 Å². The molecule has 2 N–H and O–H groups in total. The van der Waals surface area contributed by atoms with Crippen molar-refractivity contribution in [2.24, 2.45) is 5.73 Å². The standard InChI is InChI=1S/C13H13FN2OS/c1-16(8-10-3-2-6-17-10)9-4-5-11(13(15)18)12(14)7-9/h2-7H,8H2,1H3,(H2,15,18). The Morgan fingerprint density at radius 3 is 2.78 bits per heavy atom. The van der Waals surface area contributed by atoms with Crippen LogP contribution in [0.2, 0.25) is 0 Å². The van der Waals surface area contributed by atoms with Crippen LogP contribution in [0, 0.1) is 5.82 Å². The Kier molecular flexibility index (Phi) is 3.62. The fourth-order valence-electron chi connectivity index (χ4n) is 1.67. The molecule has 0 atom stereocenters. The van der Waals surface area contributed by atoms with Crippen molar-refractivity contribution in [2.45, 2.75) is 6.54 Å². The zero-order valence-corrected chi connectivity index (χ0v) is 10.7. The normalized spacial score (nSPS) is 10.3. The number of hydrogen-bond donors (Lipinski definition) is 1. The van der Waals surface area contributed by atoms with Crippen molar-refractivity contribution in [2.75, 3.05) is 11.9 Å². The molecule has 0 amide bonds. The van der Waals surface area contributed by atoms with Crippen molar-refractivity contribution in [3.63, 3.8) is 0 Å². The summed E-state index contributed by atoms with van der Waals surface area (Å²) in [5, 5.41) is 0. The topological polar surface area (TPSA) is 42.4 Å². The highest BCUT2D eigenvalue weighted by atomic mass is 32.1. The van der Waals surface area contributed by atoms with Crippen molar-refractivity contribution < 1.29 is 8.81 Å². The Hall–Kier alpha value is -1.88. The van der Waals surface area contributed by atoms with Gasteiger partial charge in [-0.05, 0) is 30.3 Å². The summed E-state index contributed by atoms with van der Waals surface area (Å²) in [5.74, 6) is 0.405. The second kappa shape index (κ2) is 5.18. The van der Waals surface area contributed by atoms with Crippen LogP contribution in [0.3, 0.4) is 0 Å². The molecule has 2 rings (SSSR count). The van der Waals surface area contributed by atoms with Gasteiger partial charge in [0.25, 0.3) is 0 Å². The van der Waals surface area contributed by atoms with Gasteiger partial charge in [0.2, 0.25) is 0 Å². The average Bonchev–Trinajstić information content (AvgIpc) is 2.81. The van der Waals surface area contributed by atoms with E-state index in [9.17, 15) is 4.39 Å². The van der Waals surface area contributed by atoms with Crippen LogP contribution in [0.5, 0.6) is 0 Å². The lowest BCUT2D eigenvalue weighted by Crippen LogP contribution is -2.17. The Bertz CT molecular complexity index is 554. The molecule has 94 valence electrons. The molecule has 18 heavy (non-hydrogen) atoms. The number of nitrogens with zero attached hydrogens (tertiary/aromatic N) is 1. The van der Waals surface area contributed by atoms with Crippen molar-refractivity contribution in [1.29, 1.82) is 0 Å². The van der Waals surface area contributed by atoms with Gasteiger partial charge in [0.1, 0.15) is 16.6 Å². The summed E-state index contributed by atoms with van der Waals surface area (Å²) < 4.78 is 19.0. The molecule has 0 spiro atoms. The number of nitrogens with two attached hydrogens (primary N) is 1. The Morgan fingerprint density at radius 2 is 2.22 bits per heavy atom. The molecular formula is C13H13FN2OS. The van der Waals surface area contributed by atoms with Gasteiger partial charge in [0.05, 0.1) is 12.8 Å². The van der Waals surface area contributed by atoms with Crippen LogP contribution in [0.1, 0.15) is 11.3 Å². The van der Waals surface area contributed by atoms with E-state index in [0.29, 0.717) is 6.54 Å². The van der Waals surface area contributed by atoms with E-state index in [4.69, 9.17) is 22.4 Å². The fraction of sp³-hybridized carbons (Fsp3) is 0.154. The van der Waals surface area contributed by atoms with Crippen LogP contribution < -0.4 is 10.6 Å². The number of rotatable bonds is 4. The van der Waals surface area contributed by atoms with Gasteiger partial charge in [0.15, 0.2) is 0 Å². The summed E-state index contributed by atoms with van der Waals surface area (Å²) in [5.41, 5.74) is 6.42. The van der Waals surface area contributed by atoms with E-state index in [2.05, 4.69) is 0 Å². The first kappa shape index (κ1) is 12.6. The summed E-state index contributed by atoms with van der Waals surface area (Å²) in [6.45, 7) is 0.568. The molecule has 0 fully saturated rings. The molecule has 0 aliphatic rings. The zero-order valence-electron chi connectivity index (χ0n) is 9.89. The lowest BCUT2D eigenvalue weighted by Gasteiger charge is -2.18. The molecule has 3 nitrogen and oxygen atoms in total. The molecule has 5 heteroatoms. The third-order valence-corrected chi connectivity index (χ3v) is 2.85. The lowest BCUT2D eigenvalue weighted by atomic mass is 10.2. The molecule has 2 aromatic rings. The largest absolute Gasteiger partial charge is 0.467 e. The summed E-state index contributed by atoms with van der Waals surface area (Å²) in [6.07, 6.45) is 1.61. The Morgan fingerprint density at radius 1 is 1.44 bits per heavy atom. The predicted molar refractivity (Wildman–Crippen MR) is 73.1 cm³/mol. The molecule has 0 bridgehead atoms. The molecule has 1 aromatic carbocycles. The summed E-state index contributed by atoms with van der Waals surface area (Å²) in [6, 6.07) is 8.47. The smallest absolute Gasteiger partial charge is 0.135 e. The maximum atomic E-state index is 13.7. The molecule has 0 unspecified atom stereocenters. The quantitative estimate of drug-likeness (QED) is 0.862. The van der Waals surface area contributed by atoms with Gasteiger partial charge in [-0.2, -0.15) is 0 Å². The highest BCUT2D eigenvalue weighted by Gasteiger charge is 2.09. The number of halogens is 1. The number of anilines is 1. The molecule has 0 radical (unpaired) electrons. The van der Waals surface area contributed by atoms with E-state index in [1.165, 1.54) is 6.07 Å². The van der Waals surface area contributed by atoms with Crippen LogP contribution in [0.25, 0.3) is 0 Å². The van der Waals surface area contributed by atoms with E-state index in [1.54, 1.807) is 18.4 Å². The third-order valence-electron chi connectivity index (χ3n) is 2.63. The van der Waals surface area contributed by atoms with Crippen LogP contribution >= 0.6 is 12.2 Å². The average molecular weight is 264 g/mol. The van der Waals surface area contributed by atoms with E-state index >= 15 is 0 Å². The molecule has 0 saturated carbocycles. The van der Waals surface area contributed by atoms with Gasteiger partial charge in [-0.15, -0.1) is 0 Å². The summed E-state index contributed by atoms with van der Waals surface area (Å²) in [4.78, 5) is 1.94. The van der Waals surface area contributed by atoms with E-state index in [1.807, 2.05) is 24.1 Å². The minimum Gasteiger partial charge on any atom is -0.467 e. The van der Waals surface area contributed by atoms with Gasteiger partial charge in [-0.1, -0.05) is 12.2 Å². The molecule has 1 heterocycles. The highest BCUT2D eigenvalue weighted by molar-refractivity contribution is 7.80. The van der Waals surface area contributed by atoms with E-state index in [0.717, 1.165) is 11.4 Å². The molecule has 0 saturated heterocycles. The number of hydrogen-bond acceptors (Lipinski definition) is 3. The minimum atomic E-state index is -0.411. The first-order chi connectivity index (χ1) is 8.58. The predicted octanol–water partition coefficient (Wildman–Crippen LogP) is 2.69. The second-order valence-corrected chi connectivity index (χ2v) is 4.40. The SMILES string of the molecule is CN(Cc1ccco1)c1ccc(C(N)=S)c(F)c1. The van der Waals surface area contributed by atoms with Gasteiger partial charge < -0.3 is 15.1 Å². The fourth-order valence-corrected chi connectivity index (χ4v) is 1.83. The lowest BCUT2D eigenvalue weighted by molar-refractivity contribution is 0.507. The van der Waals surface area contributed by atoms with Gasteiger partial charge >= 0.3 is 0 Å². The number of thiocarbonyl (C=S) groups is 1. The highest BCUT2D eigenvalue weighted by Crippen LogP contribution is 2.19. The zero-order chi connectivity index (χ0) is 13.1. The van der Waals surface area contributed by atoms with Crippen molar-refractivity contribution >= 4 is 22.9 Å². The van der Waals surface area contributed by atoms with E-state index < -0.39 is 5.82 Å². The molecular weight excluding hydrogens is 251 g/mol. The summed E-state index contributed by atoms with van der Waals surface area (Å²) >= 11 is 4.76.